The lowest BCUT2D eigenvalue weighted by Gasteiger charge is -2.38. The maximum absolute atomic E-state index is 6.10. The Labute approximate surface area is 74.9 Å². The van der Waals surface area contributed by atoms with Gasteiger partial charge in [0.25, 0.3) is 0 Å². The molecular formula is C10H20N2. The van der Waals surface area contributed by atoms with Gasteiger partial charge >= 0.3 is 0 Å². The monoisotopic (exact) mass is 168 g/mol. The molecule has 2 aliphatic carbocycles. The smallest absolute Gasteiger partial charge is 0.0166 e. The normalized spacial score (nSPS) is 26.8. The molecule has 12 heavy (non-hydrogen) atoms. The van der Waals surface area contributed by atoms with Crippen molar-refractivity contribution in [2.75, 3.05) is 13.1 Å². The van der Waals surface area contributed by atoms with E-state index in [1.54, 1.807) is 0 Å². The lowest BCUT2D eigenvalue weighted by atomic mass is 9.75. The number of nitrogens with one attached hydrogen (secondary N) is 1. The van der Waals surface area contributed by atoms with E-state index in [2.05, 4.69) is 5.32 Å². The lowest BCUT2D eigenvalue weighted by molar-refractivity contribution is 0.229. The minimum absolute atomic E-state index is 0.219. The van der Waals surface area contributed by atoms with Crippen LogP contribution >= 0.6 is 0 Å². The Hall–Kier alpha value is -0.0800. The highest BCUT2D eigenvalue weighted by Gasteiger charge is 2.31. The van der Waals surface area contributed by atoms with Crippen LogP contribution in [0.25, 0.3) is 0 Å². The highest BCUT2D eigenvalue weighted by Crippen LogP contribution is 2.32. The van der Waals surface area contributed by atoms with Gasteiger partial charge in [-0.3, -0.25) is 0 Å². The summed E-state index contributed by atoms with van der Waals surface area (Å²) in [5.41, 5.74) is 6.31. The van der Waals surface area contributed by atoms with E-state index < -0.39 is 0 Å². The van der Waals surface area contributed by atoms with Crippen molar-refractivity contribution in [3.8, 4) is 0 Å². The third-order valence-corrected chi connectivity index (χ3v) is 3.28. The van der Waals surface area contributed by atoms with Gasteiger partial charge in [-0.05, 0) is 57.5 Å². The van der Waals surface area contributed by atoms with Crippen molar-refractivity contribution in [3.05, 3.63) is 0 Å². The van der Waals surface area contributed by atoms with Crippen molar-refractivity contribution in [1.29, 1.82) is 0 Å². The third-order valence-electron chi connectivity index (χ3n) is 3.28. The molecule has 0 aromatic rings. The van der Waals surface area contributed by atoms with Crippen LogP contribution in [-0.2, 0) is 0 Å². The fourth-order valence-electron chi connectivity index (χ4n) is 1.85. The van der Waals surface area contributed by atoms with Gasteiger partial charge in [-0.2, -0.15) is 0 Å². The second kappa shape index (κ2) is 3.35. The number of hydrogen-bond acceptors (Lipinski definition) is 2. The molecule has 2 saturated carbocycles. The molecule has 0 aliphatic heterocycles. The molecule has 2 heteroatoms. The molecule has 0 aromatic carbocycles. The zero-order valence-corrected chi connectivity index (χ0v) is 7.81. The largest absolute Gasteiger partial charge is 0.325 e. The Morgan fingerprint density at radius 2 is 2.08 bits per heavy atom. The molecule has 0 spiro atoms. The van der Waals surface area contributed by atoms with E-state index in [1.807, 2.05) is 0 Å². The van der Waals surface area contributed by atoms with Gasteiger partial charge in [-0.1, -0.05) is 0 Å². The summed E-state index contributed by atoms with van der Waals surface area (Å²) in [6.07, 6.45) is 7.91. The van der Waals surface area contributed by atoms with Gasteiger partial charge in [-0.15, -0.1) is 0 Å². The molecule has 70 valence electrons. The van der Waals surface area contributed by atoms with Crippen LogP contribution in [0.1, 0.15) is 38.5 Å². The number of hydrogen-bond donors (Lipinski definition) is 2. The quantitative estimate of drug-likeness (QED) is 0.606. The Morgan fingerprint density at radius 1 is 1.33 bits per heavy atom. The van der Waals surface area contributed by atoms with E-state index in [1.165, 1.54) is 45.1 Å². The summed E-state index contributed by atoms with van der Waals surface area (Å²) in [6.45, 7) is 2.36. The van der Waals surface area contributed by atoms with Crippen LogP contribution in [0.3, 0.4) is 0 Å². The zero-order chi connectivity index (χ0) is 8.44. The Bertz CT molecular complexity index is 148. The van der Waals surface area contributed by atoms with E-state index in [0.29, 0.717) is 0 Å². The molecule has 0 aromatic heterocycles. The van der Waals surface area contributed by atoms with E-state index in [-0.39, 0.29) is 5.54 Å². The van der Waals surface area contributed by atoms with Crippen molar-refractivity contribution in [3.63, 3.8) is 0 Å². The van der Waals surface area contributed by atoms with Gasteiger partial charge < -0.3 is 11.1 Å². The maximum atomic E-state index is 6.10. The molecule has 0 saturated heterocycles. The first-order valence-electron chi connectivity index (χ1n) is 5.28. The minimum Gasteiger partial charge on any atom is -0.325 e. The molecule has 0 amide bonds. The predicted molar refractivity (Wildman–Crippen MR) is 51.0 cm³/mol. The summed E-state index contributed by atoms with van der Waals surface area (Å²) in [5.74, 6) is 1.00. The van der Waals surface area contributed by atoms with Crippen molar-refractivity contribution in [2.24, 2.45) is 11.7 Å². The van der Waals surface area contributed by atoms with Gasteiger partial charge in [0.05, 0.1) is 0 Å². The Morgan fingerprint density at radius 3 is 2.58 bits per heavy atom. The van der Waals surface area contributed by atoms with Crippen LogP contribution in [0, 0.1) is 5.92 Å². The standard InChI is InChI=1S/C10H20N2/c11-10(4-1-5-10)6-7-12-8-9-2-3-9/h9,12H,1-8,11H2. The summed E-state index contributed by atoms with van der Waals surface area (Å²) in [7, 11) is 0. The molecule has 0 bridgehead atoms. The molecule has 2 fully saturated rings. The minimum atomic E-state index is 0.219. The topological polar surface area (TPSA) is 38.0 Å². The summed E-state index contributed by atoms with van der Waals surface area (Å²) >= 11 is 0. The van der Waals surface area contributed by atoms with Gasteiger partial charge in [0.1, 0.15) is 0 Å². The second-order valence-corrected chi connectivity index (χ2v) is 4.61. The first kappa shape index (κ1) is 8.52. The van der Waals surface area contributed by atoms with E-state index in [9.17, 15) is 0 Å². The zero-order valence-electron chi connectivity index (χ0n) is 7.81. The van der Waals surface area contributed by atoms with Gasteiger partial charge in [-0.25, -0.2) is 0 Å². The summed E-state index contributed by atoms with van der Waals surface area (Å²) in [4.78, 5) is 0. The number of rotatable bonds is 5. The second-order valence-electron chi connectivity index (χ2n) is 4.61. The highest BCUT2D eigenvalue weighted by atomic mass is 14.9. The Kier molecular flexibility index (Phi) is 2.37. The van der Waals surface area contributed by atoms with Crippen LogP contribution in [0.2, 0.25) is 0 Å². The van der Waals surface area contributed by atoms with Crippen LogP contribution in [0.15, 0.2) is 0 Å². The average Bonchev–Trinajstić information content (AvgIpc) is 2.78. The van der Waals surface area contributed by atoms with E-state index >= 15 is 0 Å². The molecule has 2 rings (SSSR count). The average molecular weight is 168 g/mol. The van der Waals surface area contributed by atoms with Crippen molar-refractivity contribution >= 4 is 0 Å². The Balaban J connectivity index is 1.49. The molecule has 2 aliphatic rings. The predicted octanol–water partition coefficient (Wildman–Crippen LogP) is 1.26. The molecule has 0 unspecified atom stereocenters. The first-order valence-corrected chi connectivity index (χ1v) is 5.28. The summed E-state index contributed by atoms with van der Waals surface area (Å²) < 4.78 is 0. The molecular weight excluding hydrogens is 148 g/mol. The maximum Gasteiger partial charge on any atom is 0.0166 e. The molecule has 0 radical (unpaired) electrons. The van der Waals surface area contributed by atoms with Crippen LogP contribution in [0.4, 0.5) is 0 Å². The SMILES string of the molecule is NC1(CCNCC2CC2)CCC1. The van der Waals surface area contributed by atoms with E-state index in [0.717, 1.165) is 12.5 Å². The number of nitrogens with two attached hydrogens (primary N) is 1. The highest BCUT2D eigenvalue weighted by molar-refractivity contribution is 4.92. The fraction of sp³-hybridized carbons (Fsp3) is 1.00. The van der Waals surface area contributed by atoms with E-state index in [4.69, 9.17) is 5.73 Å². The van der Waals surface area contributed by atoms with Crippen LogP contribution < -0.4 is 11.1 Å². The summed E-state index contributed by atoms with van der Waals surface area (Å²) in [6, 6.07) is 0. The van der Waals surface area contributed by atoms with Crippen molar-refractivity contribution in [1.82, 2.24) is 5.32 Å². The van der Waals surface area contributed by atoms with Crippen molar-refractivity contribution in [2.45, 2.75) is 44.1 Å². The molecule has 0 heterocycles. The first-order chi connectivity index (χ1) is 5.79. The molecule has 3 N–H and O–H groups in total. The molecule has 2 nitrogen and oxygen atoms in total. The van der Waals surface area contributed by atoms with Gasteiger partial charge in [0, 0.05) is 5.54 Å². The van der Waals surface area contributed by atoms with Gasteiger partial charge in [0.15, 0.2) is 0 Å². The van der Waals surface area contributed by atoms with Crippen LogP contribution in [0.5, 0.6) is 0 Å². The molecule has 0 atom stereocenters. The summed E-state index contributed by atoms with van der Waals surface area (Å²) in [5, 5.41) is 3.49. The van der Waals surface area contributed by atoms with Crippen LogP contribution in [-0.4, -0.2) is 18.6 Å². The van der Waals surface area contributed by atoms with Crippen molar-refractivity contribution < 1.29 is 0 Å². The van der Waals surface area contributed by atoms with Gasteiger partial charge in [0.2, 0.25) is 0 Å². The fourth-order valence-corrected chi connectivity index (χ4v) is 1.85. The lowest BCUT2D eigenvalue weighted by Crippen LogP contribution is -2.48. The third kappa shape index (κ3) is 2.20.